The summed E-state index contributed by atoms with van der Waals surface area (Å²) in [6.45, 7) is 12.6. The number of hydrogen-bond acceptors (Lipinski definition) is 0. The minimum Gasteiger partial charge on any atom is -0.0926 e. The van der Waals surface area contributed by atoms with E-state index in [2.05, 4.69) is 63.1 Å². The Morgan fingerprint density at radius 1 is 1.06 bits per heavy atom. The summed E-state index contributed by atoms with van der Waals surface area (Å²) in [5.74, 6) is 0. The van der Waals surface area contributed by atoms with Crippen LogP contribution >= 0.6 is 0 Å². The summed E-state index contributed by atoms with van der Waals surface area (Å²) in [7, 11) is -2.63. The highest BCUT2D eigenvalue weighted by Crippen LogP contribution is 2.29. The van der Waals surface area contributed by atoms with Crippen LogP contribution < -0.4 is 5.19 Å². The summed E-state index contributed by atoms with van der Waals surface area (Å²) in [6, 6.07) is 9.21. The quantitative estimate of drug-likeness (QED) is 0.671. The zero-order chi connectivity index (χ0) is 13.4. The largest absolute Gasteiger partial charge is 0.103 e. The molecule has 0 unspecified atom stereocenters. The van der Waals surface area contributed by atoms with Gasteiger partial charge in [-0.05, 0) is 24.8 Å². The van der Waals surface area contributed by atoms with E-state index in [1.165, 1.54) is 19.3 Å². The number of aryl methyl sites for hydroxylation is 1. The van der Waals surface area contributed by atoms with Gasteiger partial charge in [-0.2, -0.15) is 0 Å². The van der Waals surface area contributed by atoms with Gasteiger partial charge in [-0.15, -0.1) is 0 Å². The first-order valence-electron chi connectivity index (χ1n) is 7.13. The summed E-state index contributed by atoms with van der Waals surface area (Å²) in [4.78, 5) is 1.86. The first-order chi connectivity index (χ1) is 8.33. The lowest BCUT2D eigenvalue weighted by atomic mass is 10.1. The topological polar surface area (TPSA) is 0 Å². The van der Waals surface area contributed by atoms with Crippen molar-refractivity contribution in [2.24, 2.45) is 0 Å². The van der Waals surface area contributed by atoms with Crippen molar-refractivity contribution in [3.05, 3.63) is 40.7 Å². The summed E-state index contributed by atoms with van der Waals surface area (Å²) >= 11 is 0. The third-order valence-electron chi connectivity index (χ3n) is 4.17. The second-order valence-corrected chi connectivity index (χ2v) is 16.9. The van der Waals surface area contributed by atoms with E-state index in [0.717, 1.165) is 0 Å². The van der Waals surface area contributed by atoms with Crippen molar-refractivity contribution < 1.29 is 0 Å². The van der Waals surface area contributed by atoms with Gasteiger partial charge in [0.05, 0.1) is 8.07 Å². The van der Waals surface area contributed by atoms with Gasteiger partial charge in [0.2, 0.25) is 0 Å². The smallest absolute Gasteiger partial charge is 0.0926 e. The summed E-state index contributed by atoms with van der Waals surface area (Å²) in [5, 5.41) is 1.69. The highest BCUT2D eigenvalue weighted by atomic mass is 28.4. The number of rotatable bonds is 1. The fourth-order valence-electron chi connectivity index (χ4n) is 3.53. The van der Waals surface area contributed by atoms with Gasteiger partial charge in [-0.3, -0.25) is 0 Å². The molecule has 1 aromatic rings. The fourth-order valence-corrected chi connectivity index (χ4v) is 14.7. The van der Waals surface area contributed by atoms with E-state index in [9.17, 15) is 0 Å². The van der Waals surface area contributed by atoms with Gasteiger partial charge < -0.3 is 0 Å². The molecule has 0 amide bonds. The van der Waals surface area contributed by atoms with Crippen molar-refractivity contribution in [2.45, 2.75) is 52.0 Å². The van der Waals surface area contributed by atoms with E-state index < -0.39 is 16.1 Å². The second-order valence-electron chi connectivity index (χ2n) is 7.04. The van der Waals surface area contributed by atoms with Gasteiger partial charge in [0, 0.05) is 0 Å². The molecule has 0 aliphatic carbocycles. The molecular formula is C16H26Si2. The lowest BCUT2D eigenvalue weighted by Gasteiger charge is -2.37. The van der Waals surface area contributed by atoms with E-state index in [0.29, 0.717) is 0 Å². The molecule has 1 aromatic carbocycles. The van der Waals surface area contributed by atoms with Crippen LogP contribution in [0, 0.1) is 0 Å². The number of fused-ring (bicyclic) bond motifs is 1. The molecule has 98 valence electrons. The Bertz CT molecular complexity index is 464. The predicted molar refractivity (Wildman–Crippen MR) is 87.9 cm³/mol. The van der Waals surface area contributed by atoms with Crippen LogP contribution in [-0.4, -0.2) is 16.1 Å². The molecule has 0 nitrogen and oxygen atoms in total. The Labute approximate surface area is 114 Å². The van der Waals surface area contributed by atoms with Crippen molar-refractivity contribution in [3.8, 4) is 0 Å². The Kier molecular flexibility index (Phi) is 3.70. The number of benzene rings is 1. The van der Waals surface area contributed by atoms with Gasteiger partial charge in [-0.1, -0.05) is 73.1 Å². The third kappa shape index (κ3) is 2.55. The normalized spacial score (nSPS) is 22.4. The molecule has 18 heavy (non-hydrogen) atoms. The monoisotopic (exact) mass is 274 g/mol. The van der Waals surface area contributed by atoms with E-state index in [1.54, 1.807) is 10.8 Å². The number of allylic oxidation sites excluding steroid dienone is 1. The summed E-state index contributed by atoms with van der Waals surface area (Å²) < 4.78 is 0. The Morgan fingerprint density at radius 3 is 2.39 bits per heavy atom. The van der Waals surface area contributed by atoms with Crippen LogP contribution in [0.5, 0.6) is 0 Å². The van der Waals surface area contributed by atoms with Gasteiger partial charge >= 0.3 is 0 Å². The van der Waals surface area contributed by atoms with E-state index >= 15 is 0 Å². The SMILES string of the molecule is C[Si](C)(C)/C1=C/CCCc2ccccc2[Si]1(C)C. The first-order valence-corrected chi connectivity index (χ1v) is 13.6. The maximum absolute atomic E-state index is 2.62. The maximum Gasteiger partial charge on any atom is 0.103 e. The fraction of sp³-hybridized carbons (Fsp3) is 0.500. The van der Waals surface area contributed by atoms with Crippen molar-refractivity contribution in [1.82, 2.24) is 0 Å². The second kappa shape index (κ2) is 4.82. The van der Waals surface area contributed by atoms with Crippen molar-refractivity contribution in [2.75, 3.05) is 0 Å². The summed E-state index contributed by atoms with van der Waals surface area (Å²) in [6.07, 6.45) is 6.48. The molecule has 1 heterocycles. The average Bonchev–Trinajstić information content (AvgIpc) is 2.25. The van der Waals surface area contributed by atoms with Crippen molar-refractivity contribution in [3.63, 3.8) is 0 Å². The first kappa shape index (κ1) is 13.8. The van der Waals surface area contributed by atoms with Crippen LogP contribution in [0.2, 0.25) is 32.7 Å². The standard InChI is InChI=1S/C16H26Si2/c1-17(2,3)16-13-9-7-11-14-10-6-8-12-15(14)18(16,4)5/h6,8,10,12-13H,7,9,11H2,1-5H3/b16-13-. The van der Waals surface area contributed by atoms with Gasteiger partial charge in [0.15, 0.2) is 0 Å². The predicted octanol–water partition coefficient (Wildman–Crippen LogP) is 4.28. The Hall–Kier alpha value is -0.606. The van der Waals surface area contributed by atoms with Gasteiger partial charge in [-0.25, -0.2) is 0 Å². The molecule has 0 radical (unpaired) electrons. The highest BCUT2D eigenvalue weighted by molar-refractivity contribution is 7.10. The van der Waals surface area contributed by atoms with Crippen molar-refractivity contribution in [1.29, 1.82) is 0 Å². The molecule has 0 aromatic heterocycles. The van der Waals surface area contributed by atoms with Gasteiger partial charge in [0.1, 0.15) is 8.07 Å². The molecule has 0 atom stereocenters. The summed E-state index contributed by atoms with van der Waals surface area (Å²) in [5.41, 5.74) is 1.62. The lowest BCUT2D eigenvalue weighted by molar-refractivity contribution is 0.842. The number of hydrogen-bond donors (Lipinski definition) is 0. The zero-order valence-electron chi connectivity index (χ0n) is 12.5. The lowest BCUT2D eigenvalue weighted by Crippen LogP contribution is -2.53. The van der Waals surface area contributed by atoms with E-state index in [1.807, 2.05) is 4.82 Å². The molecule has 0 saturated carbocycles. The molecule has 0 bridgehead atoms. The van der Waals surface area contributed by atoms with Crippen LogP contribution in [0.1, 0.15) is 18.4 Å². The molecule has 0 fully saturated rings. The van der Waals surface area contributed by atoms with E-state index in [4.69, 9.17) is 0 Å². The molecule has 2 heteroatoms. The van der Waals surface area contributed by atoms with E-state index in [-0.39, 0.29) is 0 Å². The average molecular weight is 275 g/mol. The molecule has 2 rings (SSSR count). The minimum absolute atomic E-state index is 1.19. The molecule has 1 aliphatic heterocycles. The van der Waals surface area contributed by atoms with Crippen molar-refractivity contribution >= 4 is 21.3 Å². The minimum atomic E-state index is -1.44. The maximum atomic E-state index is 2.62. The van der Waals surface area contributed by atoms with Crippen LogP contribution in [0.4, 0.5) is 0 Å². The molecule has 0 saturated heterocycles. The van der Waals surface area contributed by atoms with Gasteiger partial charge in [0.25, 0.3) is 0 Å². The molecule has 0 N–H and O–H groups in total. The Balaban J connectivity index is 2.59. The Morgan fingerprint density at radius 2 is 1.72 bits per heavy atom. The third-order valence-corrected chi connectivity index (χ3v) is 13.5. The van der Waals surface area contributed by atoms with Crippen LogP contribution in [0.25, 0.3) is 0 Å². The highest BCUT2D eigenvalue weighted by Gasteiger charge is 2.37. The molecule has 0 spiro atoms. The zero-order valence-corrected chi connectivity index (χ0v) is 14.5. The van der Waals surface area contributed by atoms with Crippen LogP contribution in [-0.2, 0) is 6.42 Å². The van der Waals surface area contributed by atoms with Crippen LogP contribution in [0.3, 0.4) is 0 Å². The van der Waals surface area contributed by atoms with Crippen LogP contribution in [0.15, 0.2) is 35.2 Å². The molecule has 1 aliphatic rings. The molecular weight excluding hydrogens is 248 g/mol.